The molecule has 0 bridgehead atoms. The van der Waals surface area contributed by atoms with Crippen LogP contribution in [0.3, 0.4) is 0 Å². The van der Waals surface area contributed by atoms with Gasteiger partial charge in [-0.15, -0.1) is 0 Å². The summed E-state index contributed by atoms with van der Waals surface area (Å²) >= 11 is 0. The number of nitrogens with one attached hydrogen (secondary N) is 2. The van der Waals surface area contributed by atoms with E-state index in [2.05, 4.69) is 17.6 Å². The van der Waals surface area contributed by atoms with E-state index >= 15 is 0 Å². The molecule has 0 saturated heterocycles. The highest BCUT2D eigenvalue weighted by Gasteiger charge is 2.34. The Kier molecular flexibility index (Phi) is 5.79. The van der Waals surface area contributed by atoms with Crippen molar-refractivity contribution in [2.45, 2.75) is 65.1 Å². The second-order valence-corrected chi connectivity index (χ2v) is 5.99. The van der Waals surface area contributed by atoms with Crippen LogP contribution >= 0.6 is 0 Å². The first-order valence-electron chi connectivity index (χ1n) is 7.19. The zero-order chi connectivity index (χ0) is 14.6. The third kappa shape index (κ3) is 4.49. The highest BCUT2D eigenvalue weighted by molar-refractivity contribution is 5.88. The van der Waals surface area contributed by atoms with Crippen molar-refractivity contribution in [1.29, 1.82) is 0 Å². The predicted octanol–water partition coefficient (Wildman–Crippen LogP) is 0.779. The molecule has 2 amide bonds. The van der Waals surface area contributed by atoms with Crippen LogP contribution in [0.25, 0.3) is 0 Å². The van der Waals surface area contributed by atoms with Gasteiger partial charge >= 0.3 is 0 Å². The summed E-state index contributed by atoms with van der Waals surface area (Å²) in [5.74, 6) is -0.140. The Labute approximate surface area is 115 Å². The maximum atomic E-state index is 12.2. The SMILES string of the molecule is CC(C)NC(=O)C(C)NC(=O)C1C(C)CCCC1N. The van der Waals surface area contributed by atoms with Gasteiger partial charge in [-0.2, -0.15) is 0 Å². The summed E-state index contributed by atoms with van der Waals surface area (Å²) in [5.41, 5.74) is 6.04. The lowest BCUT2D eigenvalue weighted by Gasteiger charge is -2.33. The normalized spacial score (nSPS) is 28.8. The Balaban J connectivity index is 2.55. The molecule has 1 aliphatic rings. The van der Waals surface area contributed by atoms with Crippen molar-refractivity contribution in [3.63, 3.8) is 0 Å². The summed E-state index contributed by atoms with van der Waals surface area (Å²) in [7, 11) is 0. The van der Waals surface area contributed by atoms with Gasteiger partial charge in [0, 0.05) is 12.1 Å². The molecule has 1 aliphatic carbocycles. The highest BCUT2D eigenvalue weighted by atomic mass is 16.2. The number of carbonyl (C=O) groups excluding carboxylic acids is 2. The van der Waals surface area contributed by atoms with Crippen molar-refractivity contribution in [3.8, 4) is 0 Å². The van der Waals surface area contributed by atoms with E-state index in [4.69, 9.17) is 5.73 Å². The fourth-order valence-electron chi connectivity index (χ4n) is 2.69. The number of carbonyl (C=O) groups is 2. The third-order valence-electron chi connectivity index (χ3n) is 3.76. The molecular formula is C14H27N3O2. The van der Waals surface area contributed by atoms with Gasteiger partial charge in [-0.3, -0.25) is 9.59 Å². The van der Waals surface area contributed by atoms with E-state index in [0.29, 0.717) is 0 Å². The largest absolute Gasteiger partial charge is 0.352 e. The van der Waals surface area contributed by atoms with Gasteiger partial charge in [0.15, 0.2) is 0 Å². The van der Waals surface area contributed by atoms with Gasteiger partial charge in [-0.1, -0.05) is 13.3 Å². The standard InChI is InChI=1S/C14H27N3O2/c1-8(2)16-13(18)10(4)17-14(19)12-9(3)6-5-7-11(12)15/h8-12H,5-7,15H2,1-4H3,(H,16,18)(H,17,19). The van der Waals surface area contributed by atoms with Crippen LogP contribution in [0.2, 0.25) is 0 Å². The van der Waals surface area contributed by atoms with E-state index in [-0.39, 0.29) is 35.7 Å². The Hall–Kier alpha value is -1.10. The van der Waals surface area contributed by atoms with Gasteiger partial charge in [-0.25, -0.2) is 0 Å². The van der Waals surface area contributed by atoms with E-state index in [1.54, 1.807) is 6.92 Å². The molecule has 1 rings (SSSR count). The maximum absolute atomic E-state index is 12.2. The summed E-state index contributed by atoms with van der Waals surface area (Å²) in [6.45, 7) is 7.55. The minimum atomic E-state index is -0.517. The van der Waals surface area contributed by atoms with E-state index in [1.807, 2.05) is 13.8 Å². The summed E-state index contributed by atoms with van der Waals surface area (Å²) in [6.07, 6.45) is 2.99. The van der Waals surface area contributed by atoms with Gasteiger partial charge < -0.3 is 16.4 Å². The molecule has 4 atom stereocenters. The van der Waals surface area contributed by atoms with Crippen molar-refractivity contribution < 1.29 is 9.59 Å². The van der Waals surface area contributed by atoms with Gasteiger partial charge in [0.25, 0.3) is 0 Å². The van der Waals surface area contributed by atoms with Crippen LogP contribution in [0.5, 0.6) is 0 Å². The molecule has 19 heavy (non-hydrogen) atoms. The van der Waals surface area contributed by atoms with E-state index in [1.165, 1.54) is 0 Å². The molecule has 0 aromatic carbocycles. The van der Waals surface area contributed by atoms with Gasteiger partial charge in [0.05, 0.1) is 5.92 Å². The number of hydrogen-bond acceptors (Lipinski definition) is 3. The Morgan fingerprint density at radius 1 is 1.16 bits per heavy atom. The zero-order valence-corrected chi connectivity index (χ0v) is 12.4. The number of amides is 2. The topological polar surface area (TPSA) is 84.2 Å². The summed E-state index contributed by atoms with van der Waals surface area (Å²) in [4.78, 5) is 24.0. The van der Waals surface area contributed by atoms with E-state index in [0.717, 1.165) is 19.3 Å². The van der Waals surface area contributed by atoms with Gasteiger partial charge in [0.1, 0.15) is 6.04 Å². The average molecular weight is 269 g/mol. The second-order valence-electron chi connectivity index (χ2n) is 5.99. The molecule has 110 valence electrons. The van der Waals surface area contributed by atoms with Crippen LogP contribution < -0.4 is 16.4 Å². The lowest BCUT2D eigenvalue weighted by Crippen LogP contribution is -2.53. The van der Waals surface area contributed by atoms with Gasteiger partial charge in [0.2, 0.25) is 11.8 Å². The third-order valence-corrected chi connectivity index (χ3v) is 3.76. The number of nitrogens with two attached hydrogens (primary N) is 1. The predicted molar refractivity (Wildman–Crippen MR) is 75.4 cm³/mol. The van der Waals surface area contributed by atoms with Crippen LogP contribution in [0.15, 0.2) is 0 Å². The molecule has 5 nitrogen and oxygen atoms in total. The summed E-state index contributed by atoms with van der Waals surface area (Å²) in [5, 5.41) is 5.57. The molecule has 0 aliphatic heterocycles. The minimum absolute atomic E-state index is 0.0720. The molecule has 0 aromatic heterocycles. The van der Waals surface area contributed by atoms with Crippen molar-refractivity contribution in [2.75, 3.05) is 0 Å². The lowest BCUT2D eigenvalue weighted by molar-refractivity contribution is -0.133. The summed E-state index contributed by atoms with van der Waals surface area (Å²) < 4.78 is 0. The van der Waals surface area contributed by atoms with Crippen LogP contribution in [0.1, 0.15) is 47.0 Å². The average Bonchev–Trinajstić information content (AvgIpc) is 2.27. The monoisotopic (exact) mass is 269 g/mol. The van der Waals surface area contributed by atoms with Crippen molar-refractivity contribution in [2.24, 2.45) is 17.6 Å². The van der Waals surface area contributed by atoms with Crippen molar-refractivity contribution in [1.82, 2.24) is 10.6 Å². The van der Waals surface area contributed by atoms with E-state index < -0.39 is 6.04 Å². The number of rotatable bonds is 4. The smallest absolute Gasteiger partial charge is 0.242 e. The molecule has 0 spiro atoms. The Morgan fingerprint density at radius 2 is 1.79 bits per heavy atom. The fourth-order valence-corrected chi connectivity index (χ4v) is 2.69. The quantitative estimate of drug-likeness (QED) is 0.705. The summed E-state index contributed by atoms with van der Waals surface area (Å²) in [6, 6.07) is -0.539. The van der Waals surface area contributed by atoms with Crippen molar-refractivity contribution in [3.05, 3.63) is 0 Å². The molecule has 4 unspecified atom stereocenters. The Bertz CT molecular complexity index is 321. The lowest BCUT2D eigenvalue weighted by atomic mass is 9.76. The Morgan fingerprint density at radius 3 is 2.32 bits per heavy atom. The molecule has 0 radical (unpaired) electrons. The van der Waals surface area contributed by atoms with Crippen LogP contribution in [-0.2, 0) is 9.59 Å². The number of hydrogen-bond donors (Lipinski definition) is 3. The maximum Gasteiger partial charge on any atom is 0.242 e. The van der Waals surface area contributed by atoms with Crippen molar-refractivity contribution >= 4 is 11.8 Å². The molecule has 1 fully saturated rings. The molecule has 0 aromatic rings. The molecule has 4 N–H and O–H groups in total. The van der Waals surface area contributed by atoms with Crippen LogP contribution in [0, 0.1) is 11.8 Å². The molecule has 1 saturated carbocycles. The fraction of sp³-hybridized carbons (Fsp3) is 0.857. The first-order chi connectivity index (χ1) is 8.82. The first-order valence-corrected chi connectivity index (χ1v) is 7.19. The second kappa shape index (κ2) is 6.89. The first kappa shape index (κ1) is 16.0. The molecular weight excluding hydrogens is 242 g/mol. The van der Waals surface area contributed by atoms with E-state index in [9.17, 15) is 9.59 Å². The highest BCUT2D eigenvalue weighted by Crippen LogP contribution is 2.29. The minimum Gasteiger partial charge on any atom is -0.352 e. The van der Waals surface area contributed by atoms with Crippen LogP contribution in [-0.4, -0.2) is 29.9 Å². The zero-order valence-electron chi connectivity index (χ0n) is 12.4. The van der Waals surface area contributed by atoms with Crippen LogP contribution in [0.4, 0.5) is 0 Å². The molecule has 5 heteroatoms. The van der Waals surface area contributed by atoms with Gasteiger partial charge in [-0.05, 0) is 39.5 Å². The molecule has 0 heterocycles.